The number of aromatic nitrogens is 1. The molecule has 1 unspecified atom stereocenters. The Bertz CT molecular complexity index is 436. The standard InChI is InChI=1S/C12H16N2O4S/c1-8(6-18-2)14-10(15)7-19-11-4-3-9(5-13-11)12(16)17/h3-5,8H,6-7H2,1-2H3,(H,14,15)(H,16,17). The molecular formula is C12H16N2O4S. The van der Waals surface area contributed by atoms with Crippen molar-refractivity contribution < 1.29 is 19.4 Å². The second-order valence-electron chi connectivity index (χ2n) is 3.90. The van der Waals surface area contributed by atoms with Crippen LogP contribution in [0.3, 0.4) is 0 Å². The third-order valence-electron chi connectivity index (χ3n) is 2.16. The molecule has 0 spiro atoms. The number of aromatic carboxylic acids is 1. The Morgan fingerprint density at radius 3 is 2.79 bits per heavy atom. The molecule has 1 atom stereocenters. The lowest BCUT2D eigenvalue weighted by Crippen LogP contribution is -2.36. The average Bonchev–Trinajstić information content (AvgIpc) is 2.37. The molecule has 0 aliphatic rings. The van der Waals surface area contributed by atoms with Crippen LogP contribution in [0.5, 0.6) is 0 Å². The molecule has 0 saturated heterocycles. The fourth-order valence-electron chi connectivity index (χ4n) is 1.34. The first kappa shape index (κ1) is 15.5. The van der Waals surface area contributed by atoms with Crippen molar-refractivity contribution >= 4 is 23.6 Å². The number of nitrogens with one attached hydrogen (secondary N) is 1. The smallest absolute Gasteiger partial charge is 0.337 e. The zero-order chi connectivity index (χ0) is 14.3. The van der Waals surface area contributed by atoms with E-state index < -0.39 is 5.97 Å². The third-order valence-corrected chi connectivity index (χ3v) is 3.10. The number of hydrogen-bond acceptors (Lipinski definition) is 5. The zero-order valence-corrected chi connectivity index (χ0v) is 11.6. The van der Waals surface area contributed by atoms with E-state index in [4.69, 9.17) is 9.84 Å². The van der Waals surface area contributed by atoms with Gasteiger partial charge in [-0.1, -0.05) is 11.8 Å². The second kappa shape index (κ2) is 7.75. The number of ether oxygens (including phenoxy) is 1. The number of hydrogen-bond donors (Lipinski definition) is 2. The van der Waals surface area contributed by atoms with Crippen molar-refractivity contribution in [3.05, 3.63) is 23.9 Å². The average molecular weight is 284 g/mol. The summed E-state index contributed by atoms with van der Waals surface area (Å²) in [5.41, 5.74) is 0.127. The summed E-state index contributed by atoms with van der Waals surface area (Å²) in [5, 5.41) is 12.1. The van der Waals surface area contributed by atoms with E-state index in [1.165, 1.54) is 24.0 Å². The summed E-state index contributed by atoms with van der Waals surface area (Å²) >= 11 is 1.25. The number of methoxy groups -OCH3 is 1. The molecule has 1 aromatic rings. The van der Waals surface area contributed by atoms with Gasteiger partial charge < -0.3 is 15.2 Å². The highest BCUT2D eigenvalue weighted by Gasteiger charge is 2.08. The molecule has 0 fully saturated rings. The molecule has 7 heteroatoms. The highest BCUT2D eigenvalue weighted by atomic mass is 32.2. The van der Waals surface area contributed by atoms with Crippen LogP contribution in [0, 0.1) is 0 Å². The molecule has 6 nitrogen and oxygen atoms in total. The lowest BCUT2D eigenvalue weighted by Gasteiger charge is -2.12. The van der Waals surface area contributed by atoms with Gasteiger partial charge in [0, 0.05) is 19.3 Å². The van der Waals surface area contributed by atoms with Gasteiger partial charge in [-0.3, -0.25) is 4.79 Å². The number of carboxylic acid groups (broad SMARTS) is 1. The minimum absolute atomic E-state index is 0.0413. The number of carbonyl (C=O) groups excluding carboxylic acids is 1. The van der Waals surface area contributed by atoms with E-state index in [-0.39, 0.29) is 23.3 Å². The van der Waals surface area contributed by atoms with E-state index in [1.807, 2.05) is 6.92 Å². The molecule has 0 aromatic carbocycles. The van der Waals surface area contributed by atoms with Crippen molar-refractivity contribution in [3.8, 4) is 0 Å². The second-order valence-corrected chi connectivity index (χ2v) is 4.90. The first-order valence-corrected chi connectivity index (χ1v) is 6.62. The predicted molar refractivity (Wildman–Crippen MR) is 71.4 cm³/mol. The van der Waals surface area contributed by atoms with Gasteiger partial charge in [-0.25, -0.2) is 9.78 Å². The van der Waals surface area contributed by atoms with Crippen LogP contribution in [-0.2, 0) is 9.53 Å². The molecular weight excluding hydrogens is 268 g/mol. The Balaban J connectivity index is 2.39. The summed E-state index contributed by atoms with van der Waals surface area (Å²) in [6.07, 6.45) is 1.27. The van der Waals surface area contributed by atoms with Crippen LogP contribution >= 0.6 is 11.8 Å². The lowest BCUT2D eigenvalue weighted by atomic mass is 10.3. The maximum Gasteiger partial charge on any atom is 0.337 e. The molecule has 0 aliphatic heterocycles. The number of thioether (sulfide) groups is 1. The summed E-state index contributed by atoms with van der Waals surface area (Å²) in [7, 11) is 1.57. The first-order valence-electron chi connectivity index (χ1n) is 5.63. The van der Waals surface area contributed by atoms with Gasteiger partial charge in [-0.2, -0.15) is 0 Å². The third kappa shape index (κ3) is 5.71. The fraction of sp³-hybridized carbons (Fsp3) is 0.417. The Labute approximate surface area is 115 Å². The number of carbonyl (C=O) groups is 2. The van der Waals surface area contributed by atoms with Crippen LogP contribution in [0.4, 0.5) is 0 Å². The van der Waals surface area contributed by atoms with Crippen LogP contribution in [0.2, 0.25) is 0 Å². The van der Waals surface area contributed by atoms with Crippen molar-refractivity contribution in [2.24, 2.45) is 0 Å². The topological polar surface area (TPSA) is 88.5 Å². The molecule has 1 aromatic heterocycles. The quantitative estimate of drug-likeness (QED) is 0.727. The molecule has 0 radical (unpaired) electrons. The maximum atomic E-state index is 11.6. The molecule has 2 N–H and O–H groups in total. The summed E-state index contributed by atoms with van der Waals surface area (Å²) in [6.45, 7) is 2.31. The van der Waals surface area contributed by atoms with Crippen molar-refractivity contribution in [2.75, 3.05) is 19.5 Å². The van der Waals surface area contributed by atoms with E-state index in [2.05, 4.69) is 10.3 Å². The highest BCUT2D eigenvalue weighted by molar-refractivity contribution is 7.99. The van der Waals surface area contributed by atoms with Crippen LogP contribution < -0.4 is 5.32 Å². The normalized spacial score (nSPS) is 11.9. The summed E-state index contributed by atoms with van der Waals surface area (Å²) in [6, 6.07) is 3.00. The van der Waals surface area contributed by atoms with E-state index in [1.54, 1.807) is 13.2 Å². The highest BCUT2D eigenvalue weighted by Crippen LogP contribution is 2.14. The van der Waals surface area contributed by atoms with Gasteiger partial charge in [0.2, 0.25) is 5.91 Å². The van der Waals surface area contributed by atoms with E-state index in [0.717, 1.165) is 0 Å². The molecule has 1 heterocycles. The van der Waals surface area contributed by atoms with Gasteiger partial charge in [0.25, 0.3) is 0 Å². The number of carboxylic acids is 1. The van der Waals surface area contributed by atoms with Gasteiger partial charge in [-0.15, -0.1) is 0 Å². The van der Waals surface area contributed by atoms with Crippen molar-refractivity contribution in [1.82, 2.24) is 10.3 Å². The van der Waals surface area contributed by atoms with Crippen LogP contribution in [-0.4, -0.2) is 47.5 Å². The minimum Gasteiger partial charge on any atom is -0.478 e. The summed E-state index contributed by atoms with van der Waals surface area (Å²) in [4.78, 5) is 26.2. The molecule has 19 heavy (non-hydrogen) atoms. The number of amides is 1. The monoisotopic (exact) mass is 284 g/mol. The number of pyridine rings is 1. The van der Waals surface area contributed by atoms with E-state index >= 15 is 0 Å². The Morgan fingerprint density at radius 1 is 1.53 bits per heavy atom. The fourth-order valence-corrected chi connectivity index (χ4v) is 1.99. The van der Waals surface area contributed by atoms with Gasteiger partial charge in [0.15, 0.2) is 0 Å². The van der Waals surface area contributed by atoms with E-state index in [9.17, 15) is 9.59 Å². The minimum atomic E-state index is -1.02. The number of nitrogens with zero attached hydrogens (tertiary/aromatic N) is 1. The molecule has 1 rings (SSSR count). The Morgan fingerprint density at radius 2 is 2.26 bits per heavy atom. The van der Waals surface area contributed by atoms with Crippen molar-refractivity contribution in [1.29, 1.82) is 0 Å². The van der Waals surface area contributed by atoms with Crippen LogP contribution in [0.15, 0.2) is 23.4 Å². The van der Waals surface area contributed by atoms with Gasteiger partial charge >= 0.3 is 5.97 Å². The number of rotatable bonds is 7. The zero-order valence-electron chi connectivity index (χ0n) is 10.8. The molecule has 0 saturated carbocycles. The van der Waals surface area contributed by atoms with E-state index in [0.29, 0.717) is 11.6 Å². The van der Waals surface area contributed by atoms with Crippen LogP contribution in [0.25, 0.3) is 0 Å². The van der Waals surface area contributed by atoms with Crippen molar-refractivity contribution in [2.45, 2.75) is 18.0 Å². The molecule has 1 amide bonds. The molecule has 104 valence electrons. The first-order chi connectivity index (χ1) is 9.02. The Hall–Kier alpha value is -1.60. The van der Waals surface area contributed by atoms with Gasteiger partial charge in [0.1, 0.15) is 0 Å². The lowest BCUT2D eigenvalue weighted by molar-refractivity contribution is -0.119. The SMILES string of the molecule is COCC(C)NC(=O)CSc1ccc(C(=O)O)cn1. The van der Waals surface area contributed by atoms with Crippen LogP contribution in [0.1, 0.15) is 17.3 Å². The van der Waals surface area contributed by atoms with Gasteiger partial charge in [-0.05, 0) is 19.1 Å². The Kier molecular flexibility index (Phi) is 6.31. The predicted octanol–water partition coefficient (Wildman–Crippen LogP) is 1.02. The largest absolute Gasteiger partial charge is 0.478 e. The molecule has 0 aliphatic carbocycles. The molecule has 0 bridgehead atoms. The maximum absolute atomic E-state index is 11.6. The summed E-state index contributed by atoms with van der Waals surface area (Å²) in [5.74, 6) is -0.901. The van der Waals surface area contributed by atoms with Crippen molar-refractivity contribution in [3.63, 3.8) is 0 Å². The van der Waals surface area contributed by atoms with Gasteiger partial charge in [0.05, 0.1) is 22.9 Å². The summed E-state index contributed by atoms with van der Waals surface area (Å²) < 4.78 is 4.91.